The van der Waals surface area contributed by atoms with E-state index in [4.69, 9.17) is 15.3 Å². The first-order valence-corrected chi connectivity index (χ1v) is 7.34. The average Bonchev–Trinajstić information content (AvgIpc) is 1.71. The van der Waals surface area contributed by atoms with Gasteiger partial charge in [-0.05, 0) is 62.3 Å². The van der Waals surface area contributed by atoms with E-state index in [2.05, 4.69) is 4.20 Å². The fourth-order valence-electron chi connectivity index (χ4n) is 0. The molecule has 0 bridgehead atoms. The molecule has 0 aliphatic heterocycles. The number of hydrogen-bond acceptors (Lipinski definition) is 3. The van der Waals surface area contributed by atoms with Crippen molar-refractivity contribution in [2.75, 3.05) is 0 Å². The number of hydrogen-bond donors (Lipinski definition) is 3. The van der Waals surface area contributed by atoms with Crippen LogP contribution in [0.1, 0.15) is 69.2 Å². The minimum absolute atomic E-state index is 0.500. The molecule has 0 aromatic heterocycles. The molecule has 0 fully saturated rings. The van der Waals surface area contributed by atoms with Gasteiger partial charge in [-0.25, -0.2) is 0 Å². The molecule has 0 saturated carbocycles. The Balaban J connectivity index is -0.0000000739. The van der Waals surface area contributed by atoms with Crippen molar-refractivity contribution in [2.45, 2.75) is 86.0 Å². The van der Waals surface area contributed by atoms with Crippen LogP contribution in [0.25, 0.3) is 0 Å². The van der Waals surface area contributed by atoms with Gasteiger partial charge < -0.3 is 15.3 Å². The van der Waals surface area contributed by atoms with E-state index in [1.807, 2.05) is 6.92 Å². The predicted molar refractivity (Wildman–Crippen MR) is 75.5 cm³/mol. The zero-order chi connectivity index (χ0) is 16.2. The van der Waals surface area contributed by atoms with Crippen LogP contribution in [0.15, 0.2) is 0 Å². The van der Waals surface area contributed by atoms with E-state index in [1.54, 1.807) is 62.3 Å². The second kappa shape index (κ2) is 12.4. The maximum atomic E-state index is 8.52. The van der Waals surface area contributed by atoms with Gasteiger partial charge in [0.25, 0.3) is 0 Å². The third kappa shape index (κ3) is 31700. The monoisotopic (exact) mass is 433 g/mol. The molecular weight excluding hydrogens is 400 g/mol. The van der Waals surface area contributed by atoms with Crippen LogP contribution in [0.4, 0.5) is 0 Å². The number of rotatable bonds is 0. The van der Waals surface area contributed by atoms with Crippen molar-refractivity contribution in [3.8, 4) is 4.20 Å². The van der Waals surface area contributed by atoms with Gasteiger partial charge in [0.05, 0.1) is 16.8 Å². The van der Waals surface area contributed by atoms with Gasteiger partial charge in [0.2, 0.25) is 0 Å². The van der Waals surface area contributed by atoms with Crippen molar-refractivity contribution in [2.24, 2.45) is 0 Å². The van der Waals surface area contributed by atoms with E-state index < -0.39 is 16.8 Å². The van der Waals surface area contributed by atoms with Crippen LogP contribution in [-0.4, -0.2) is 32.1 Å². The molecule has 0 amide bonds. The Morgan fingerprint density at radius 3 is 0.611 bits per heavy atom. The SMILES string of the molecule is CC(C)(C)O.CC(C)(C)O.CC(C)(C)O.C[C]#[W]. The molecule has 4 heteroatoms. The Kier molecular flexibility index (Phi) is 18.5. The van der Waals surface area contributed by atoms with Gasteiger partial charge in [0.1, 0.15) is 0 Å². The van der Waals surface area contributed by atoms with E-state index in [1.165, 1.54) is 19.2 Å². The predicted octanol–water partition coefficient (Wildman–Crippen LogP) is 2.84. The molecule has 0 aromatic carbocycles. The molecule has 0 unspecified atom stereocenters. The molecule has 0 heterocycles. The molecule has 3 N–H and O–H groups in total. The van der Waals surface area contributed by atoms with Gasteiger partial charge in [-0.2, -0.15) is 0 Å². The van der Waals surface area contributed by atoms with Crippen molar-refractivity contribution in [1.29, 1.82) is 0 Å². The van der Waals surface area contributed by atoms with Gasteiger partial charge in [0, 0.05) is 0 Å². The summed E-state index contributed by atoms with van der Waals surface area (Å²) in [5.41, 5.74) is -1.50. The molecule has 0 atom stereocenters. The molecule has 3 nitrogen and oxygen atoms in total. The van der Waals surface area contributed by atoms with E-state index >= 15 is 0 Å². The van der Waals surface area contributed by atoms with Crippen LogP contribution in [0.5, 0.6) is 0 Å². The summed E-state index contributed by atoms with van der Waals surface area (Å²) >= 11 is 1.42. The molecule has 0 saturated heterocycles. The van der Waals surface area contributed by atoms with Crippen LogP contribution in [0.3, 0.4) is 0 Å². The summed E-state index contributed by atoms with van der Waals surface area (Å²) in [6.45, 7) is 17.6. The molecule has 18 heavy (non-hydrogen) atoms. The topological polar surface area (TPSA) is 60.7 Å². The summed E-state index contributed by atoms with van der Waals surface area (Å²) in [6, 6.07) is 0. The average molecular weight is 433 g/mol. The van der Waals surface area contributed by atoms with E-state index in [9.17, 15) is 0 Å². The molecule has 0 aromatic rings. The molecule has 0 aliphatic rings. The Hall–Kier alpha value is 0.348. The Bertz CT molecular complexity index is 153. The van der Waals surface area contributed by atoms with Crippen molar-refractivity contribution >= 4 is 0 Å². The molecule has 0 radical (unpaired) electrons. The summed E-state index contributed by atoms with van der Waals surface area (Å²) in [6.07, 6.45) is 0. The van der Waals surface area contributed by atoms with Crippen LogP contribution in [0.2, 0.25) is 0 Å². The molecule has 0 rings (SSSR count). The summed E-state index contributed by atoms with van der Waals surface area (Å²) in [4.78, 5) is 0. The molecule has 113 valence electrons. The molecular formula is C14H33O3W. The van der Waals surface area contributed by atoms with E-state index in [0.717, 1.165) is 0 Å². The summed E-state index contributed by atoms with van der Waals surface area (Å²) < 4.78 is 2.83. The standard InChI is InChI=1S/3C4H10O.C2H3.W/c3*1-4(2,3)5;1-2;/h3*5H,1-3H3;1H3;. The Morgan fingerprint density at radius 2 is 0.611 bits per heavy atom. The van der Waals surface area contributed by atoms with Crippen molar-refractivity contribution in [3.05, 3.63) is 0 Å². The Labute approximate surface area is 125 Å². The van der Waals surface area contributed by atoms with Gasteiger partial charge in [-0.3, -0.25) is 0 Å². The van der Waals surface area contributed by atoms with Gasteiger partial charge in [-0.1, -0.05) is 0 Å². The first-order valence-electron chi connectivity index (χ1n) is 5.87. The van der Waals surface area contributed by atoms with Crippen LogP contribution >= 0.6 is 0 Å². The summed E-state index contributed by atoms with van der Waals surface area (Å²) in [5.74, 6) is 0. The second-order valence-electron chi connectivity index (χ2n) is 6.72. The van der Waals surface area contributed by atoms with Gasteiger partial charge in [-0.15, -0.1) is 0 Å². The second-order valence-corrected chi connectivity index (χ2v) is 8.18. The fraction of sp³-hybridized carbons (Fsp3) is 0.929. The first kappa shape index (κ1) is 26.8. The van der Waals surface area contributed by atoms with Crippen LogP contribution in [-0.2, 0) is 19.2 Å². The zero-order valence-electron chi connectivity index (χ0n) is 13.7. The third-order valence-corrected chi connectivity index (χ3v) is 0. The van der Waals surface area contributed by atoms with Crippen LogP contribution < -0.4 is 0 Å². The van der Waals surface area contributed by atoms with Gasteiger partial charge in [0.15, 0.2) is 0 Å². The summed E-state index contributed by atoms with van der Waals surface area (Å²) in [7, 11) is 0. The number of aliphatic hydroxyl groups is 3. The van der Waals surface area contributed by atoms with Crippen molar-refractivity contribution < 1.29 is 34.5 Å². The van der Waals surface area contributed by atoms with Crippen molar-refractivity contribution in [3.63, 3.8) is 0 Å². The normalized spacial score (nSPS) is 10.4. The van der Waals surface area contributed by atoms with Crippen LogP contribution in [0, 0.1) is 4.20 Å². The minimum atomic E-state index is -0.500. The first-order chi connectivity index (χ1) is 7.41. The third-order valence-electron chi connectivity index (χ3n) is 0. The van der Waals surface area contributed by atoms with E-state index in [0.29, 0.717) is 0 Å². The molecule has 0 aliphatic carbocycles. The van der Waals surface area contributed by atoms with E-state index in [-0.39, 0.29) is 0 Å². The maximum absolute atomic E-state index is 8.52. The fourth-order valence-corrected chi connectivity index (χ4v) is 0. The zero-order valence-corrected chi connectivity index (χ0v) is 16.7. The van der Waals surface area contributed by atoms with Gasteiger partial charge >= 0.3 is 30.3 Å². The van der Waals surface area contributed by atoms with Crippen molar-refractivity contribution in [1.82, 2.24) is 0 Å². The quantitative estimate of drug-likeness (QED) is 0.551. The Morgan fingerprint density at radius 1 is 0.611 bits per heavy atom. The summed E-state index contributed by atoms with van der Waals surface area (Å²) in [5, 5.41) is 25.6. The molecule has 0 spiro atoms.